The number of nitrogens with zero attached hydrogens (tertiary/aromatic N) is 2. The lowest BCUT2D eigenvalue weighted by atomic mass is 10.3. The normalized spacial score (nSPS) is 10.2. The van der Waals surface area contributed by atoms with Crippen molar-refractivity contribution in [3.63, 3.8) is 0 Å². The highest BCUT2D eigenvalue weighted by Crippen LogP contribution is 2.17. The Labute approximate surface area is 103 Å². The van der Waals surface area contributed by atoms with E-state index in [9.17, 15) is 4.79 Å². The SMILES string of the molecule is Cn1nc(C(=O)Oc2ccc(Cl)cc2)cc1N. The number of halogens is 1. The van der Waals surface area contributed by atoms with Crippen LogP contribution in [0.5, 0.6) is 5.75 Å². The molecule has 0 fully saturated rings. The number of hydrogen-bond donors (Lipinski definition) is 1. The molecule has 0 atom stereocenters. The molecule has 0 aliphatic rings. The zero-order valence-corrected chi connectivity index (χ0v) is 9.81. The van der Waals surface area contributed by atoms with Crippen molar-refractivity contribution in [2.45, 2.75) is 0 Å². The number of aryl methyl sites for hydroxylation is 1. The highest BCUT2D eigenvalue weighted by Gasteiger charge is 2.13. The number of aromatic nitrogens is 2. The molecule has 0 aliphatic heterocycles. The molecule has 17 heavy (non-hydrogen) atoms. The fourth-order valence-corrected chi connectivity index (χ4v) is 1.37. The Hall–Kier alpha value is -2.01. The number of carbonyl (C=O) groups excluding carboxylic acids is 1. The maximum atomic E-state index is 11.7. The van der Waals surface area contributed by atoms with Crippen molar-refractivity contribution in [3.8, 4) is 5.75 Å². The number of ether oxygens (including phenoxy) is 1. The van der Waals surface area contributed by atoms with Crippen molar-refractivity contribution in [3.05, 3.63) is 41.0 Å². The summed E-state index contributed by atoms with van der Waals surface area (Å²) in [5.41, 5.74) is 5.73. The summed E-state index contributed by atoms with van der Waals surface area (Å²) in [6.07, 6.45) is 0. The van der Waals surface area contributed by atoms with Crippen LogP contribution in [0.4, 0.5) is 5.82 Å². The summed E-state index contributed by atoms with van der Waals surface area (Å²) in [5, 5.41) is 4.49. The largest absolute Gasteiger partial charge is 0.422 e. The van der Waals surface area contributed by atoms with Gasteiger partial charge in [-0.3, -0.25) is 4.68 Å². The summed E-state index contributed by atoms with van der Waals surface area (Å²) in [7, 11) is 1.65. The summed E-state index contributed by atoms with van der Waals surface area (Å²) in [6, 6.07) is 7.94. The minimum atomic E-state index is -0.556. The molecule has 0 saturated heterocycles. The van der Waals surface area contributed by atoms with Crippen molar-refractivity contribution in [2.24, 2.45) is 7.05 Å². The molecule has 1 aromatic carbocycles. The lowest BCUT2D eigenvalue weighted by Crippen LogP contribution is -2.09. The van der Waals surface area contributed by atoms with Gasteiger partial charge in [-0.25, -0.2) is 4.79 Å². The second kappa shape index (κ2) is 4.47. The first-order valence-corrected chi connectivity index (χ1v) is 5.21. The second-order valence-electron chi connectivity index (χ2n) is 3.42. The molecule has 0 aliphatic carbocycles. The first-order valence-electron chi connectivity index (χ1n) is 4.83. The van der Waals surface area contributed by atoms with Crippen molar-refractivity contribution < 1.29 is 9.53 Å². The smallest absolute Gasteiger partial charge is 0.364 e. The number of carbonyl (C=O) groups is 1. The summed E-state index contributed by atoms with van der Waals surface area (Å²) in [6.45, 7) is 0. The summed E-state index contributed by atoms with van der Waals surface area (Å²) in [5.74, 6) is 0.247. The molecule has 2 N–H and O–H groups in total. The molecule has 1 heterocycles. The molecule has 0 bridgehead atoms. The number of rotatable bonds is 2. The number of benzene rings is 1. The predicted molar refractivity (Wildman–Crippen MR) is 64.0 cm³/mol. The van der Waals surface area contributed by atoms with Gasteiger partial charge in [0.05, 0.1) is 0 Å². The van der Waals surface area contributed by atoms with Gasteiger partial charge in [0.15, 0.2) is 5.69 Å². The van der Waals surface area contributed by atoms with Gasteiger partial charge in [0, 0.05) is 18.1 Å². The Bertz CT molecular complexity index is 529. The van der Waals surface area contributed by atoms with E-state index in [0.717, 1.165) is 0 Å². The van der Waals surface area contributed by atoms with E-state index in [1.807, 2.05) is 0 Å². The van der Waals surface area contributed by atoms with Crippen LogP contribution in [0.15, 0.2) is 30.3 Å². The minimum absolute atomic E-state index is 0.167. The molecule has 88 valence electrons. The fraction of sp³-hybridized carbons (Fsp3) is 0.0909. The Morgan fingerprint density at radius 2 is 2.06 bits per heavy atom. The van der Waals surface area contributed by atoms with Crippen molar-refractivity contribution >= 4 is 23.4 Å². The van der Waals surface area contributed by atoms with E-state index in [0.29, 0.717) is 16.6 Å². The number of nitrogens with two attached hydrogens (primary N) is 1. The van der Waals surface area contributed by atoms with Crippen LogP contribution in [0.2, 0.25) is 5.02 Å². The molecule has 0 saturated carbocycles. The predicted octanol–water partition coefficient (Wildman–Crippen LogP) is 1.87. The first-order chi connectivity index (χ1) is 8.06. The third-order valence-corrected chi connectivity index (χ3v) is 2.40. The summed E-state index contributed by atoms with van der Waals surface area (Å²) < 4.78 is 6.50. The zero-order valence-electron chi connectivity index (χ0n) is 9.05. The van der Waals surface area contributed by atoms with Crippen molar-refractivity contribution in [1.29, 1.82) is 0 Å². The Balaban J connectivity index is 2.14. The number of hydrogen-bond acceptors (Lipinski definition) is 4. The van der Waals surface area contributed by atoms with Gasteiger partial charge >= 0.3 is 5.97 Å². The average molecular weight is 252 g/mol. The van der Waals surface area contributed by atoms with E-state index in [4.69, 9.17) is 22.1 Å². The molecule has 2 rings (SSSR count). The van der Waals surface area contributed by atoms with E-state index in [1.165, 1.54) is 10.7 Å². The lowest BCUT2D eigenvalue weighted by molar-refractivity contribution is 0.0728. The van der Waals surface area contributed by atoms with Gasteiger partial charge in [0.25, 0.3) is 0 Å². The topological polar surface area (TPSA) is 70.1 Å². The van der Waals surface area contributed by atoms with Crippen LogP contribution in [0.1, 0.15) is 10.5 Å². The number of esters is 1. The molecular formula is C11H10ClN3O2. The summed E-state index contributed by atoms with van der Waals surface area (Å²) in [4.78, 5) is 11.7. The molecule has 0 amide bonds. The Morgan fingerprint density at radius 1 is 1.41 bits per heavy atom. The molecule has 0 unspecified atom stereocenters. The third-order valence-electron chi connectivity index (χ3n) is 2.15. The maximum Gasteiger partial charge on any atom is 0.364 e. The van der Waals surface area contributed by atoms with Crippen LogP contribution in [0.3, 0.4) is 0 Å². The highest BCUT2D eigenvalue weighted by molar-refractivity contribution is 6.30. The van der Waals surface area contributed by atoms with Crippen LogP contribution >= 0.6 is 11.6 Å². The van der Waals surface area contributed by atoms with Crippen molar-refractivity contribution in [1.82, 2.24) is 9.78 Å². The zero-order chi connectivity index (χ0) is 12.4. The van der Waals surface area contributed by atoms with Crippen LogP contribution in [-0.2, 0) is 7.05 Å². The maximum absolute atomic E-state index is 11.7. The number of nitrogen functional groups attached to an aromatic ring is 1. The standard InChI is InChI=1S/C11H10ClN3O2/c1-15-10(13)6-9(14-15)11(16)17-8-4-2-7(12)3-5-8/h2-6H,13H2,1H3. The monoisotopic (exact) mass is 251 g/mol. The highest BCUT2D eigenvalue weighted by atomic mass is 35.5. The van der Waals surface area contributed by atoms with Gasteiger partial charge in [0.2, 0.25) is 0 Å². The van der Waals surface area contributed by atoms with Crippen LogP contribution < -0.4 is 10.5 Å². The molecule has 1 aromatic heterocycles. The second-order valence-corrected chi connectivity index (χ2v) is 3.86. The van der Waals surface area contributed by atoms with E-state index in [-0.39, 0.29) is 5.69 Å². The Morgan fingerprint density at radius 3 is 2.59 bits per heavy atom. The van der Waals surface area contributed by atoms with Crippen LogP contribution in [0, 0.1) is 0 Å². The van der Waals surface area contributed by atoms with Gasteiger partial charge in [0.1, 0.15) is 11.6 Å². The molecule has 0 spiro atoms. The molecule has 0 radical (unpaired) electrons. The molecule has 5 nitrogen and oxygen atoms in total. The molecule has 6 heteroatoms. The van der Waals surface area contributed by atoms with Gasteiger partial charge in [-0.2, -0.15) is 5.10 Å². The first kappa shape index (κ1) is 11.5. The molecular weight excluding hydrogens is 242 g/mol. The lowest BCUT2D eigenvalue weighted by Gasteiger charge is -2.01. The summed E-state index contributed by atoms with van der Waals surface area (Å²) >= 11 is 5.72. The van der Waals surface area contributed by atoms with E-state index < -0.39 is 5.97 Å². The van der Waals surface area contributed by atoms with Gasteiger partial charge in [-0.1, -0.05) is 11.6 Å². The van der Waals surface area contributed by atoms with Crippen molar-refractivity contribution in [2.75, 3.05) is 5.73 Å². The van der Waals surface area contributed by atoms with E-state index in [1.54, 1.807) is 31.3 Å². The van der Waals surface area contributed by atoms with Gasteiger partial charge in [-0.15, -0.1) is 0 Å². The minimum Gasteiger partial charge on any atom is -0.422 e. The Kier molecular flexibility index (Phi) is 3.01. The quantitative estimate of drug-likeness (QED) is 0.653. The van der Waals surface area contributed by atoms with E-state index >= 15 is 0 Å². The van der Waals surface area contributed by atoms with Gasteiger partial charge in [-0.05, 0) is 24.3 Å². The van der Waals surface area contributed by atoms with E-state index in [2.05, 4.69) is 5.10 Å². The van der Waals surface area contributed by atoms with Crippen LogP contribution in [0.25, 0.3) is 0 Å². The third kappa shape index (κ3) is 2.57. The molecule has 2 aromatic rings. The van der Waals surface area contributed by atoms with Gasteiger partial charge < -0.3 is 10.5 Å². The average Bonchev–Trinajstić information content (AvgIpc) is 2.63. The van der Waals surface area contributed by atoms with Crippen LogP contribution in [-0.4, -0.2) is 15.7 Å². The number of anilines is 1. The fourth-order valence-electron chi connectivity index (χ4n) is 1.24.